The van der Waals surface area contributed by atoms with Gasteiger partial charge in [0.25, 0.3) is 5.91 Å². The summed E-state index contributed by atoms with van der Waals surface area (Å²) in [6.45, 7) is 13.3. The third-order valence-corrected chi connectivity index (χ3v) is 6.06. The van der Waals surface area contributed by atoms with Crippen LogP contribution in [0.2, 0.25) is 0 Å². The SMILES string of the molecule is CONC(=O)c1ccc(C)c(Nc2nc(NCC3=CC(C)=CCC3)nc(NC(C)C(C)(C)C)n2)c1. The predicted molar refractivity (Wildman–Crippen MR) is 141 cm³/mol. The van der Waals surface area contributed by atoms with E-state index in [1.807, 2.05) is 13.0 Å². The molecule has 1 atom stereocenters. The fourth-order valence-corrected chi connectivity index (χ4v) is 3.43. The Kier molecular flexibility index (Phi) is 8.45. The number of anilines is 4. The summed E-state index contributed by atoms with van der Waals surface area (Å²) in [6.07, 6.45) is 6.51. The van der Waals surface area contributed by atoms with E-state index in [4.69, 9.17) is 4.84 Å². The van der Waals surface area contributed by atoms with E-state index in [1.165, 1.54) is 18.3 Å². The highest BCUT2D eigenvalue weighted by Crippen LogP contribution is 2.25. The van der Waals surface area contributed by atoms with Crippen LogP contribution in [0.5, 0.6) is 0 Å². The van der Waals surface area contributed by atoms with Gasteiger partial charge in [0.1, 0.15) is 0 Å². The van der Waals surface area contributed by atoms with Crippen LogP contribution in [0.1, 0.15) is 63.4 Å². The van der Waals surface area contributed by atoms with E-state index in [9.17, 15) is 4.79 Å². The van der Waals surface area contributed by atoms with Crippen molar-refractivity contribution in [2.24, 2.45) is 5.41 Å². The smallest absolute Gasteiger partial charge is 0.274 e. The maximum absolute atomic E-state index is 12.2. The molecule has 188 valence electrons. The van der Waals surface area contributed by atoms with Crippen molar-refractivity contribution in [2.45, 2.75) is 60.4 Å². The molecule has 2 aromatic rings. The third kappa shape index (κ3) is 7.51. The van der Waals surface area contributed by atoms with Crippen molar-refractivity contribution >= 4 is 29.4 Å². The van der Waals surface area contributed by atoms with Crippen LogP contribution < -0.4 is 21.4 Å². The molecule has 9 heteroatoms. The first kappa shape index (κ1) is 26.2. The monoisotopic (exact) mass is 479 g/mol. The number of carbonyl (C=O) groups is 1. The van der Waals surface area contributed by atoms with Gasteiger partial charge in [-0.25, -0.2) is 5.48 Å². The van der Waals surface area contributed by atoms with Crippen LogP contribution >= 0.6 is 0 Å². The summed E-state index contributed by atoms with van der Waals surface area (Å²) in [6, 6.07) is 5.47. The fourth-order valence-electron chi connectivity index (χ4n) is 3.43. The summed E-state index contributed by atoms with van der Waals surface area (Å²) < 4.78 is 0. The first-order valence-electron chi connectivity index (χ1n) is 11.9. The molecule has 3 rings (SSSR count). The van der Waals surface area contributed by atoms with Crippen molar-refractivity contribution in [3.63, 3.8) is 0 Å². The number of benzene rings is 1. The zero-order valence-electron chi connectivity index (χ0n) is 21.7. The minimum Gasteiger partial charge on any atom is -0.351 e. The Morgan fingerprint density at radius 1 is 1.11 bits per heavy atom. The van der Waals surface area contributed by atoms with Crippen molar-refractivity contribution in [2.75, 3.05) is 29.6 Å². The molecule has 1 aromatic carbocycles. The first-order valence-corrected chi connectivity index (χ1v) is 11.9. The molecule has 1 aliphatic rings. The molecule has 1 unspecified atom stereocenters. The Morgan fingerprint density at radius 3 is 2.51 bits per heavy atom. The number of aromatic nitrogens is 3. The molecule has 0 bridgehead atoms. The molecule has 0 spiro atoms. The molecule has 0 saturated carbocycles. The van der Waals surface area contributed by atoms with E-state index in [0.29, 0.717) is 30.0 Å². The van der Waals surface area contributed by atoms with Gasteiger partial charge in [0, 0.05) is 23.8 Å². The number of hydrogen-bond acceptors (Lipinski definition) is 8. The van der Waals surface area contributed by atoms with Gasteiger partial charge in [0.05, 0.1) is 7.11 Å². The summed E-state index contributed by atoms with van der Waals surface area (Å²) in [4.78, 5) is 30.8. The minimum absolute atomic E-state index is 0.0181. The summed E-state index contributed by atoms with van der Waals surface area (Å²) in [7, 11) is 1.40. The predicted octanol–water partition coefficient (Wildman–Crippen LogP) is 5.14. The maximum Gasteiger partial charge on any atom is 0.274 e. The van der Waals surface area contributed by atoms with Crippen LogP contribution in [-0.2, 0) is 4.84 Å². The molecule has 9 nitrogen and oxygen atoms in total. The number of hydrogen-bond donors (Lipinski definition) is 4. The van der Waals surface area contributed by atoms with Gasteiger partial charge in [-0.3, -0.25) is 9.63 Å². The van der Waals surface area contributed by atoms with Gasteiger partial charge in [-0.2, -0.15) is 15.0 Å². The lowest BCUT2D eigenvalue weighted by Crippen LogP contribution is -2.31. The van der Waals surface area contributed by atoms with Crippen LogP contribution in [0, 0.1) is 12.3 Å². The van der Waals surface area contributed by atoms with Crippen molar-refractivity contribution < 1.29 is 9.63 Å². The zero-order chi connectivity index (χ0) is 25.6. The topological polar surface area (TPSA) is 113 Å². The molecule has 0 aliphatic heterocycles. The number of allylic oxidation sites excluding steroid dienone is 3. The van der Waals surface area contributed by atoms with Gasteiger partial charge in [0.15, 0.2) is 0 Å². The van der Waals surface area contributed by atoms with Gasteiger partial charge in [-0.1, -0.05) is 50.1 Å². The average Bonchev–Trinajstić information content (AvgIpc) is 2.78. The maximum atomic E-state index is 12.2. The molecule has 1 heterocycles. The highest BCUT2D eigenvalue weighted by atomic mass is 16.6. The largest absolute Gasteiger partial charge is 0.351 e. The molecular weight excluding hydrogens is 442 g/mol. The van der Waals surface area contributed by atoms with E-state index >= 15 is 0 Å². The average molecular weight is 480 g/mol. The lowest BCUT2D eigenvalue weighted by molar-refractivity contribution is 0.0537. The standard InChI is InChI=1S/C26H37N7O2/c1-16-9-8-10-19(13-16)15-27-23-30-24(28-18(3)26(4,5)6)32-25(31-23)29-21-14-20(12-11-17(21)2)22(34)33-35-7/h9,11-14,18H,8,10,15H2,1-7H3,(H,33,34)(H3,27,28,29,30,31,32). The minimum atomic E-state index is -0.333. The second-order valence-corrected chi connectivity index (χ2v) is 9.97. The normalized spacial score (nSPS) is 14.5. The number of amides is 1. The summed E-state index contributed by atoms with van der Waals surface area (Å²) in [5.74, 6) is 1.00. The Labute approximate surface area is 207 Å². The van der Waals surface area contributed by atoms with Gasteiger partial charge in [0.2, 0.25) is 17.8 Å². The molecule has 1 amide bonds. The third-order valence-electron chi connectivity index (χ3n) is 6.06. The molecule has 1 aliphatic carbocycles. The first-order chi connectivity index (χ1) is 16.5. The Hall–Kier alpha value is -3.46. The van der Waals surface area contributed by atoms with Crippen LogP contribution in [0.15, 0.2) is 41.5 Å². The highest BCUT2D eigenvalue weighted by molar-refractivity contribution is 5.94. The van der Waals surface area contributed by atoms with Crippen LogP contribution in [0.3, 0.4) is 0 Å². The molecule has 0 saturated heterocycles. The van der Waals surface area contributed by atoms with E-state index in [0.717, 1.165) is 24.1 Å². The molecular formula is C26H37N7O2. The van der Waals surface area contributed by atoms with Crippen molar-refractivity contribution in [3.05, 3.63) is 52.6 Å². The number of nitrogens with zero attached hydrogens (tertiary/aromatic N) is 3. The fraction of sp³-hybridized carbons (Fsp3) is 0.462. The Balaban J connectivity index is 1.88. The van der Waals surface area contributed by atoms with Crippen LogP contribution in [0.4, 0.5) is 23.5 Å². The van der Waals surface area contributed by atoms with Gasteiger partial charge in [-0.05, 0) is 56.7 Å². The number of aryl methyl sites for hydroxylation is 1. The molecule has 4 N–H and O–H groups in total. The summed E-state index contributed by atoms with van der Waals surface area (Å²) in [5.41, 5.74) is 7.07. The highest BCUT2D eigenvalue weighted by Gasteiger charge is 2.21. The van der Waals surface area contributed by atoms with E-state index in [-0.39, 0.29) is 17.4 Å². The summed E-state index contributed by atoms with van der Waals surface area (Å²) in [5, 5.41) is 10.0. The zero-order valence-corrected chi connectivity index (χ0v) is 21.7. The summed E-state index contributed by atoms with van der Waals surface area (Å²) >= 11 is 0. The lowest BCUT2D eigenvalue weighted by Gasteiger charge is -2.28. The van der Waals surface area contributed by atoms with Gasteiger partial charge in [-0.15, -0.1) is 0 Å². The van der Waals surface area contributed by atoms with Gasteiger partial charge < -0.3 is 16.0 Å². The van der Waals surface area contributed by atoms with Crippen LogP contribution in [-0.4, -0.2) is 40.6 Å². The lowest BCUT2D eigenvalue weighted by atomic mass is 9.88. The molecule has 1 aromatic heterocycles. The molecule has 0 radical (unpaired) electrons. The van der Waals surface area contributed by atoms with Crippen molar-refractivity contribution in [1.29, 1.82) is 0 Å². The number of nitrogens with one attached hydrogen (secondary N) is 4. The number of hydroxylamine groups is 1. The van der Waals surface area contributed by atoms with Crippen molar-refractivity contribution in [3.8, 4) is 0 Å². The van der Waals surface area contributed by atoms with Gasteiger partial charge >= 0.3 is 0 Å². The van der Waals surface area contributed by atoms with E-state index in [1.54, 1.807) is 12.1 Å². The van der Waals surface area contributed by atoms with E-state index < -0.39 is 0 Å². The molecule has 35 heavy (non-hydrogen) atoms. The number of carbonyl (C=O) groups excluding carboxylic acids is 1. The Morgan fingerprint density at radius 2 is 1.83 bits per heavy atom. The van der Waals surface area contributed by atoms with Crippen molar-refractivity contribution in [1.82, 2.24) is 20.4 Å². The van der Waals surface area contributed by atoms with E-state index in [2.05, 4.69) is 83.2 Å². The molecule has 0 fully saturated rings. The number of rotatable bonds is 9. The Bertz CT molecular complexity index is 1120. The second-order valence-electron chi connectivity index (χ2n) is 9.97. The van der Waals surface area contributed by atoms with Crippen LogP contribution in [0.25, 0.3) is 0 Å². The second kappa shape index (κ2) is 11.3. The quantitative estimate of drug-likeness (QED) is 0.366.